The number of nitrogens with zero attached hydrogens (tertiary/aromatic N) is 1. The SMILES string of the molecule is O=C(NCc1ccc2c(c1)OCO2)[C@@H]1CCc2sc(C(=O)N3CCCCC3)cc2C1. The molecule has 1 aliphatic carbocycles. The van der Waals surface area contributed by atoms with E-state index >= 15 is 0 Å². The summed E-state index contributed by atoms with van der Waals surface area (Å²) in [5, 5.41) is 3.06. The first-order valence-electron chi connectivity index (χ1n) is 10.7. The standard InChI is InChI=1S/C23H26N2O4S/c26-22(24-13-15-4-6-18-19(10-15)29-14-28-18)16-5-7-20-17(11-16)12-21(30-20)23(27)25-8-2-1-3-9-25/h4,6,10,12,16H,1-3,5,7-9,11,13-14H2,(H,24,26)/t16-/m1/s1. The summed E-state index contributed by atoms with van der Waals surface area (Å²) in [5.74, 6) is 1.68. The number of nitrogens with one attached hydrogen (secondary N) is 1. The minimum atomic E-state index is -0.0425. The molecule has 6 nitrogen and oxygen atoms in total. The lowest BCUT2D eigenvalue weighted by atomic mass is 9.87. The predicted molar refractivity (Wildman–Crippen MR) is 114 cm³/mol. The van der Waals surface area contributed by atoms with Gasteiger partial charge in [-0.05, 0) is 67.9 Å². The minimum absolute atomic E-state index is 0.0425. The van der Waals surface area contributed by atoms with Crippen molar-refractivity contribution in [3.05, 3.63) is 45.1 Å². The number of ether oxygens (including phenoxy) is 2. The number of thiophene rings is 1. The lowest BCUT2D eigenvalue weighted by molar-refractivity contribution is -0.125. The highest BCUT2D eigenvalue weighted by molar-refractivity contribution is 7.14. The average molecular weight is 427 g/mol. The van der Waals surface area contributed by atoms with Gasteiger partial charge in [-0.3, -0.25) is 9.59 Å². The van der Waals surface area contributed by atoms with Crippen molar-refractivity contribution in [1.29, 1.82) is 0 Å². The summed E-state index contributed by atoms with van der Waals surface area (Å²) in [7, 11) is 0. The van der Waals surface area contributed by atoms with Gasteiger partial charge in [-0.15, -0.1) is 11.3 Å². The third-order valence-electron chi connectivity index (χ3n) is 6.21. The van der Waals surface area contributed by atoms with E-state index in [4.69, 9.17) is 9.47 Å². The first kappa shape index (κ1) is 19.4. The molecular formula is C23H26N2O4S. The number of amides is 2. The van der Waals surface area contributed by atoms with Gasteiger partial charge in [0, 0.05) is 30.4 Å². The van der Waals surface area contributed by atoms with E-state index in [1.807, 2.05) is 29.2 Å². The molecule has 0 spiro atoms. The number of piperidine rings is 1. The van der Waals surface area contributed by atoms with E-state index in [1.165, 1.54) is 16.9 Å². The Kier molecular flexibility index (Phi) is 5.37. The van der Waals surface area contributed by atoms with Crippen molar-refractivity contribution in [3.8, 4) is 11.5 Å². The van der Waals surface area contributed by atoms with Gasteiger partial charge in [-0.2, -0.15) is 0 Å². The third kappa shape index (κ3) is 3.90. The third-order valence-corrected chi connectivity index (χ3v) is 7.44. The van der Waals surface area contributed by atoms with E-state index in [0.717, 1.165) is 60.7 Å². The van der Waals surface area contributed by atoms with Crippen LogP contribution in [0.3, 0.4) is 0 Å². The highest BCUT2D eigenvalue weighted by Gasteiger charge is 2.29. The summed E-state index contributed by atoms with van der Waals surface area (Å²) in [4.78, 5) is 29.7. The number of hydrogen-bond donors (Lipinski definition) is 1. The van der Waals surface area contributed by atoms with E-state index < -0.39 is 0 Å². The number of benzene rings is 1. The molecule has 7 heteroatoms. The van der Waals surface area contributed by atoms with Gasteiger partial charge in [0.2, 0.25) is 12.7 Å². The molecule has 0 unspecified atom stereocenters. The second kappa shape index (κ2) is 8.30. The van der Waals surface area contributed by atoms with Crippen molar-refractivity contribution in [2.75, 3.05) is 19.9 Å². The Balaban J connectivity index is 1.19. The Labute approximate surface area is 180 Å². The molecule has 1 aromatic carbocycles. The molecule has 1 saturated heterocycles. The van der Waals surface area contributed by atoms with Crippen LogP contribution in [0.15, 0.2) is 24.3 Å². The van der Waals surface area contributed by atoms with Crippen LogP contribution in [0.25, 0.3) is 0 Å². The second-order valence-corrected chi connectivity index (χ2v) is 9.39. The largest absolute Gasteiger partial charge is 0.454 e. The van der Waals surface area contributed by atoms with Gasteiger partial charge in [0.15, 0.2) is 11.5 Å². The summed E-state index contributed by atoms with van der Waals surface area (Å²) in [5.41, 5.74) is 2.17. The highest BCUT2D eigenvalue weighted by atomic mass is 32.1. The number of carbonyl (C=O) groups is 2. The Morgan fingerprint density at radius 1 is 1.10 bits per heavy atom. The predicted octanol–water partition coefficient (Wildman–Crippen LogP) is 3.52. The van der Waals surface area contributed by atoms with Crippen LogP contribution in [-0.2, 0) is 24.2 Å². The number of rotatable bonds is 4. The molecule has 2 aliphatic heterocycles. The van der Waals surface area contributed by atoms with Gasteiger partial charge in [0.1, 0.15) is 0 Å². The van der Waals surface area contributed by atoms with E-state index in [1.54, 1.807) is 11.3 Å². The average Bonchev–Trinajstić information content (AvgIpc) is 3.43. The Hall–Kier alpha value is -2.54. The molecule has 5 rings (SSSR count). The number of hydrogen-bond acceptors (Lipinski definition) is 5. The fourth-order valence-corrected chi connectivity index (χ4v) is 5.67. The number of fused-ring (bicyclic) bond motifs is 2. The molecule has 1 N–H and O–H groups in total. The molecule has 1 fully saturated rings. The lowest BCUT2D eigenvalue weighted by Gasteiger charge is -2.26. The van der Waals surface area contributed by atoms with Crippen molar-refractivity contribution >= 4 is 23.2 Å². The van der Waals surface area contributed by atoms with Crippen molar-refractivity contribution in [3.63, 3.8) is 0 Å². The maximum atomic E-state index is 12.8. The summed E-state index contributed by atoms with van der Waals surface area (Å²) in [6.07, 6.45) is 5.83. The molecule has 0 radical (unpaired) electrons. The molecule has 3 aliphatic rings. The number of carbonyl (C=O) groups excluding carboxylic acids is 2. The first-order chi connectivity index (χ1) is 14.7. The summed E-state index contributed by atoms with van der Waals surface area (Å²) >= 11 is 1.62. The van der Waals surface area contributed by atoms with Crippen LogP contribution < -0.4 is 14.8 Å². The number of likely N-dealkylation sites (tertiary alicyclic amines) is 1. The smallest absolute Gasteiger partial charge is 0.263 e. The van der Waals surface area contributed by atoms with Gasteiger partial charge in [0.05, 0.1) is 4.88 Å². The molecular weight excluding hydrogens is 400 g/mol. The van der Waals surface area contributed by atoms with Gasteiger partial charge >= 0.3 is 0 Å². The zero-order valence-electron chi connectivity index (χ0n) is 16.9. The van der Waals surface area contributed by atoms with Gasteiger partial charge in [-0.25, -0.2) is 0 Å². The molecule has 2 aromatic rings. The van der Waals surface area contributed by atoms with Crippen LogP contribution in [0.2, 0.25) is 0 Å². The maximum absolute atomic E-state index is 12.8. The van der Waals surface area contributed by atoms with Crippen LogP contribution in [0.4, 0.5) is 0 Å². The molecule has 158 valence electrons. The van der Waals surface area contributed by atoms with E-state index in [-0.39, 0.29) is 24.5 Å². The Bertz CT molecular complexity index is 964. The lowest BCUT2D eigenvalue weighted by Crippen LogP contribution is -2.35. The molecule has 1 atom stereocenters. The normalized spacial score (nSPS) is 20.0. The summed E-state index contributed by atoms with van der Waals surface area (Å²) in [6.45, 7) is 2.46. The highest BCUT2D eigenvalue weighted by Crippen LogP contribution is 2.34. The Morgan fingerprint density at radius 2 is 1.93 bits per heavy atom. The van der Waals surface area contributed by atoms with Crippen molar-refractivity contribution in [1.82, 2.24) is 10.2 Å². The van der Waals surface area contributed by atoms with Gasteiger partial charge < -0.3 is 19.7 Å². The quantitative estimate of drug-likeness (QED) is 0.812. The van der Waals surface area contributed by atoms with E-state index in [2.05, 4.69) is 5.32 Å². The van der Waals surface area contributed by atoms with Crippen LogP contribution in [0, 0.1) is 5.92 Å². The second-order valence-electron chi connectivity index (χ2n) is 8.26. The van der Waals surface area contributed by atoms with Crippen molar-refractivity contribution in [2.24, 2.45) is 5.92 Å². The molecule has 2 amide bonds. The Morgan fingerprint density at radius 3 is 2.80 bits per heavy atom. The zero-order valence-corrected chi connectivity index (χ0v) is 17.8. The van der Waals surface area contributed by atoms with Gasteiger partial charge in [0.25, 0.3) is 5.91 Å². The van der Waals surface area contributed by atoms with Crippen LogP contribution in [-0.4, -0.2) is 36.6 Å². The summed E-state index contributed by atoms with van der Waals surface area (Å²) in [6, 6.07) is 7.78. The fourth-order valence-electron chi connectivity index (χ4n) is 4.49. The van der Waals surface area contributed by atoms with E-state index in [0.29, 0.717) is 13.0 Å². The molecule has 30 heavy (non-hydrogen) atoms. The molecule has 1 aromatic heterocycles. The molecule has 0 saturated carbocycles. The van der Waals surface area contributed by atoms with Gasteiger partial charge in [-0.1, -0.05) is 6.07 Å². The van der Waals surface area contributed by atoms with Crippen LogP contribution >= 0.6 is 11.3 Å². The molecule has 3 heterocycles. The van der Waals surface area contributed by atoms with E-state index in [9.17, 15) is 9.59 Å². The zero-order chi connectivity index (χ0) is 20.5. The topological polar surface area (TPSA) is 67.9 Å². The number of aryl methyl sites for hydroxylation is 1. The van der Waals surface area contributed by atoms with Crippen LogP contribution in [0.1, 0.15) is 51.4 Å². The minimum Gasteiger partial charge on any atom is -0.454 e. The fraction of sp³-hybridized carbons (Fsp3) is 0.478. The van der Waals surface area contributed by atoms with Crippen molar-refractivity contribution < 1.29 is 19.1 Å². The maximum Gasteiger partial charge on any atom is 0.263 e. The van der Waals surface area contributed by atoms with Crippen molar-refractivity contribution in [2.45, 2.75) is 45.1 Å². The van der Waals surface area contributed by atoms with Crippen LogP contribution in [0.5, 0.6) is 11.5 Å². The summed E-state index contributed by atoms with van der Waals surface area (Å²) < 4.78 is 10.7. The monoisotopic (exact) mass is 426 g/mol. The first-order valence-corrected chi connectivity index (χ1v) is 11.6. The molecule has 0 bridgehead atoms.